The van der Waals surface area contributed by atoms with Crippen molar-refractivity contribution < 1.29 is 9.63 Å². The zero-order valence-corrected chi connectivity index (χ0v) is 9.73. The Morgan fingerprint density at radius 1 is 1.56 bits per heavy atom. The summed E-state index contributed by atoms with van der Waals surface area (Å²) in [5, 5.41) is 6.09. The summed E-state index contributed by atoms with van der Waals surface area (Å²) in [6.45, 7) is 3.68. The van der Waals surface area contributed by atoms with E-state index < -0.39 is 6.09 Å². The summed E-state index contributed by atoms with van der Waals surface area (Å²) in [7, 11) is 0. The van der Waals surface area contributed by atoms with Gasteiger partial charge in [0, 0.05) is 12.1 Å². The number of halogens is 1. The lowest BCUT2D eigenvalue weighted by Crippen LogP contribution is -2.13. The van der Waals surface area contributed by atoms with Gasteiger partial charge >= 0.3 is 6.09 Å². The topological polar surface area (TPSA) is 63.6 Å². The van der Waals surface area contributed by atoms with Gasteiger partial charge in [0.15, 0.2) is 0 Å². The zero-order chi connectivity index (χ0) is 12.0. The Bertz CT molecular complexity index is 379. The number of carbonyl (C=O) groups is 1. The lowest BCUT2D eigenvalue weighted by atomic mass is 10.2. The molecule has 0 unspecified atom stereocenters. The number of oxime groups is 1. The number of nitrogens with one attached hydrogen (secondary N) is 1. The Morgan fingerprint density at radius 3 is 2.88 bits per heavy atom. The first-order chi connectivity index (χ1) is 7.59. The normalized spacial score (nSPS) is 11.4. The molecule has 0 aliphatic rings. The molecule has 1 aromatic rings. The van der Waals surface area contributed by atoms with Crippen molar-refractivity contribution in [2.24, 2.45) is 11.1 Å². The zero-order valence-electron chi connectivity index (χ0n) is 8.98. The van der Waals surface area contributed by atoms with Crippen LogP contribution < -0.4 is 5.32 Å². The van der Waals surface area contributed by atoms with Gasteiger partial charge in [0.2, 0.25) is 0 Å². The monoisotopic (exact) mass is 241 g/mol. The standard InChI is InChI=1S/C10H12ClN3O2/c1-7(2)9(11)14-16-10(15)13-8-5-3-4-6-12-8/h3-7H,1-2H3,(H,12,13,15)/b14-9+. The fourth-order valence-corrected chi connectivity index (χ4v) is 0.789. The molecule has 0 aliphatic heterocycles. The second-order valence-electron chi connectivity index (χ2n) is 3.29. The van der Waals surface area contributed by atoms with Gasteiger partial charge in [-0.25, -0.2) is 9.78 Å². The van der Waals surface area contributed by atoms with E-state index in [2.05, 4.69) is 20.3 Å². The Morgan fingerprint density at radius 2 is 2.31 bits per heavy atom. The number of aromatic nitrogens is 1. The van der Waals surface area contributed by atoms with Crippen LogP contribution in [0.15, 0.2) is 29.6 Å². The number of nitrogens with zero attached hydrogens (tertiary/aromatic N) is 2. The molecule has 1 N–H and O–H groups in total. The fraction of sp³-hybridized carbons (Fsp3) is 0.300. The molecule has 1 heterocycles. The largest absolute Gasteiger partial charge is 0.439 e. The predicted molar refractivity (Wildman–Crippen MR) is 62.5 cm³/mol. The highest BCUT2D eigenvalue weighted by atomic mass is 35.5. The van der Waals surface area contributed by atoms with Gasteiger partial charge in [0.25, 0.3) is 0 Å². The highest BCUT2D eigenvalue weighted by Crippen LogP contribution is 2.04. The average Bonchev–Trinajstić information content (AvgIpc) is 2.27. The number of carbonyl (C=O) groups excluding carboxylic acids is 1. The number of hydrogen-bond acceptors (Lipinski definition) is 4. The molecule has 0 spiro atoms. The second kappa shape index (κ2) is 6.07. The maximum absolute atomic E-state index is 11.2. The van der Waals surface area contributed by atoms with Crippen LogP contribution in [-0.2, 0) is 4.84 Å². The molecule has 0 saturated heterocycles. The van der Waals surface area contributed by atoms with E-state index in [1.165, 1.54) is 0 Å². The third-order valence-corrected chi connectivity index (χ3v) is 2.09. The van der Waals surface area contributed by atoms with E-state index >= 15 is 0 Å². The Hall–Kier alpha value is -1.62. The first-order valence-corrected chi connectivity index (χ1v) is 5.10. The molecule has 0 atom stereocenters. The molecule has 6 heteroatoms. The summed E-state index contributed by atoms with van der Waals surface area (Å²) >= 11 is 5.69. The van der Waals surface area contributed by atoms with Crippen molar-refractivity contribution in [2.45, 2.75) is 13.8 Å². The molecule has 0 radical (unpaired) electrons. The summed E-state index contributed by atoms with van der Waals surface area (Å²) in [5.41, 5.74) is 0. The maximum Gasteiger partial charge on any atom is 0.439 e. The average molecular weight is 242 g/mol. The molecular weight excluding hydrogens is 230 g/mol. The Balaban J connectivity index is 2.46. The minimum absolute atomic E-state index is 0.0179. The number of amides is 1. The van der Waals surface area contributed by atoms with Gasteiger partial charge in [-0.3, -0.25) is 10.2 Å². The SMILES string of the molecule is CC(C)/C(Cl)=N\OC(=O)Nc1ccccn1. The first kappa shape index (κ1) is 12.4. The number of anilines is 1. The molecule has 0 bridgehead atoms. The first-order valence-electron chi connectivity index (χ1n) is 4.72. The van der Waals surface area contributed by atoms with Gasteiger partial charge in [-0.15, -0.1) is 0 Å². The van der Waals surface area contributed by atoms with Crippen LogP contribution in [0.2, 0.25) is 0 Å². The van der Waals surface area contributed by atoms with Crippen molar-refractivity contribution in [1.82, 2.24) is 4.98 Å². The molecule has 1 aromatic heterocycles. The van der Waals surface area contributed by atoms with Gasteiger partial charge in [-0.05, 0) is 12.1 Å². The Kier molecular flexibility index (Phi) is 4.72. The fourth-order valence-electron chi connectivity index (χ4n) is 0.755. The van der Waals surface area contributed by atoms with Crippen LogP contribution in [0.3, 0.4) is 0 Å². The molecule has 1 amide bonds. The van der Waals surface area contributed by atoms with Gasteiger partial charge in [0.05, 0.1) is 0 Å². The summed E-state index contributed by atoms with van der Waals surface area (Å²) in [4.78, 5) is 19.6. The lowest BCUT2D eigenvalue weighted by molar-refractivity contribution is 0.166. The van der Waals surface area contributed by atoms with E-state index in [0.717, 1.165) is 0 Å². The number of pyridine rings is 1. The summed E-state index contributed by atoms with van der Waals surface area (Å²) in [5.74, 6) is 0.410. The van der Waals surface area contributed by atoms with Crippen molar-refractivity contribution in [3.63, 3.8) is 0 Å². The minimum atomic E-state index is -0.725. The van der Waals surface area contributed by atoms with Crippen molar-refractivity contribution >= 4 is 28.7 Å². The third kappa shape index (κ3) is 4.27. The van der Waals surface area contributed by atoms with E-state index in [1.54, 1.807) is 24.4 Å². The second-order valence-corrected chi connectivity index (χ2v) is 3.67. The Labute approximate surface area is 98.5 Å². The van der Waals surface area contributed by atoms with Crippen LogP contribution in [-0.4, -0.2) is 16.2 Å². The van der Waals surface area contributed by atoms with Gasteiger partial charge in [-0.2, -0.15) is 0 Å². The van der Waals surface area contributed by atoms with Crippen LogP contribution in [0, 0.1) is 5.92 Å². The van der Waals surface area contributed by atoms with E-state index in [1.807, 2.05) is 13.8 Å². The summed E-state index contributed by atoms with van der Waals surface area (Å²) in [6.07, 6.45) is 0.831. The summed E-state index contributed by atoms with van der Waals surface area (Å²) < 4.78 is 0. The van der Waals surface area contributed by atoms with Crippen LogP contribution in [0.5, 0.6) is 0 Å². The van der Waals surface area contributed by atoms with Crippen LogP contribution >= 0.6 is 11.6 Å². The molecule has 0 saturated carbocycles. The van der Waals surface area contributed by atoms with E-state index in [9.17, 15) is 4.79 Å². The molecular formula is C10H12ClN3O2. The van der Waals surface area contributed by atoms with Crippen molar-refractivity contribution in [2.75, 3.05) is 5.32 Å². The molecule has 1 rings (SSSR count). The number of hydrogen-bond donors (Lipinski definition) is 1. The van der Waals surface area contributed by atoms with Crippen molar-refractivity contribution in [1.29, 1.82) is 0 Å². The predicted octanol–water partition coefficient (Wildman–Crippen LogP) is 2.84. The van der Waals surface area contributed by atoms with Crippen LogP contribution in [0.25, 0.3) is 0 Å². The van der Waals surface area contributed by atoms with E-state index in [4.69, 9.17) is 11.6 Å². The van der Waals surface area contributed by atoms with Gasteiger partial charge in [0.1, 0.15) is 11.0 Å². The quantitative estimate of drug-likeness (QED) is 0.503. The van der Waals surface area contributed by atoms with Gasteiger partial charge < -0.3 is 0 Å². The maximum atomic E-state index is 11.2. The molecule has 0 aliphatic carbocycles. The van der Waals surface area contributed by atoms with E-state index in [0.29, 0.717) is 5.82 Å². The van der Waals surface area contributed by atoms with E-state index in [-0.39, 0.29) is 11.1 Å². The lowest BCUT2D eigenvalue weighted by Gasteiger charge is -2.02. The van der Waals surface area contributed by atoms with Crippen molar-refractivity contribution in [3.05, 3.63) is 24.4 Å². The molecule has 0 fully saturated rings. The summed E-state index contributed by atoms with van der Waals surface area (Å²) in [6, 6.07) is 5.12. The van der Waals surface area contributed by atoms with Crippen LogP contribution in [0.1, 0.15) is 13.8 Å². The van der Waals surface area contributed by atoms with Crippen molar-refractivity contribution in [3.8, 4) is 0 Å². The third-order valence-electron chi connectivity index (χ3n) is 1.59. The molecule has 0 aromatic carbocycles. The van der Waals surface area contributed by atoms with Crippen LogP contribution in [0.4, 0.5) is 10.6 Å². The molecule has 16 heavy (non-hydrogen) atoms. The molecule has 86 valence electrons. The number of rotatable bonds is 3. The smallest absolute Gasteiger partial charge is 0.297 e. The molecule has 5 nitrogen and oxygen atoms in total. The highest BCUT2D eigenvalue weighted by molar-refractivity contribution is 6.65. The minimum Gasteiger partial charge on any atom is -0.297 e. The van der Waals surface area contributed by atoms with Gasteiger partial charge in [-0.1, -0.05) is 36.7 Å². The highest BCUT2D eigenvalue weighted by Gasteiger charge is 2.06.